The first-order chi connectivity index (χ1) is 15.6. The highest BCUT2D eigenvalue weighted by Crippen LogP contribution is 2.28. The lowest BCUT2D eigenvalue weighted by Crippen LogP contribution is -2.37. The Bertz CT molecular complexity index is 1200. The second kappa shape index (κ2) is 11.9. The van der Waals surface area contributed by atoms with E-state index in [9.17, 15) is 4.79 Å². The fraction of sp³-hybridized carbons (Fsp3) is 0.478. The lowest BCUT2D eigenvalue weighted by Gasteiger charge is -2.29. The zero-order chi connectivity index (χ0) is 22.1. The van der Waals surface area contributed by atoms with Crippen molar-refractivity contribution < 1.29 is 14.2 Å². The highest BCUT2D eigenvalue weighted by molar-refractivity contribution is 5.83. The Balaban J connectivity index is 0. The van der Waals surface area contributed by atoms with Crippen LogP contribution < -0.4 is 38.8 Å². The minimum atomic E-state index is -0.358. The Hall–Kier alpha value is -3.32. The van der Waals surface area contributed by atoms with Gasteiger partial charge in [0.2, 0.25) is 17.8 Å². The van der Waals surface area contributed by atoms with E-state index in [1.54, 1.807) is 0 Å². The number of hydrogen-bond donors (Lipinski definition) is 4. The third-order valence-electron chi connectivity index (χ3n) is 6.36. The van der Waals surface area contributed by atoms with Gasteiger partial charge in [-0.2, -0.15) is 15.0 Å². The number of nitrogens with two attached hydrogens (primary N) is 1. The molecule has 0 amide bonds. The van der Waals surface area contributed by atoms with Crippen molar-refractivity contribution in [1.29, 1.82) is 0 Å². The first-order valence-electron chi connectivity index (χ1n) is 11.4. The van der Waals surface area contributed by atoms with E-state index in [1.165, 1.54) is 12.5 Å². The number of benzene rings is 1. The molecule has 1 aromatic carbocycles. The number of aryl methyl sites for hydroxylation is 1. The van der Waals surface area contributed by atoms with Crippen LogP contribution in [0.3, 0.4) is 0 Å². The summed E-state index contributed by atoms with van der Waals surface area (Å²) < 4.78 is 5.39. The largest absolute Gasteiger partial charge is 0.423 e. The Labute approximate surface area is 208 Å². The average Bonchev–Trinajstić information content (AvgIpc) is 3.28. The van der Waals surface area contributed by atoms with Gasteiger partial charge in [-0.05, 0) is 56.7 Å². The fourth-order valence-electron chi connectivity index (χ4n) is 4.65. The van der Waals surface area contributed by atoms with Crippen molar-refractivity contribution in [3.05, 3.63) is 40.2 Å². The first kappa shape index (κ1) is 27.9. The van der Waals surface area contributed by atoms with E-state index < -0.39 is 0 Å². The standard InChI is InChI=1S/C23H29N7O2.2H3N.H2O.3H2/c1-15-12-20(31)32-19-13-16(7-8-18(15)19)25-21-26-22(29-9-3-2-4-10-29)28-23(27-21)30-11-5-6-17(30)14-24;;;;;;/h7-8,12-13,17H,2-6,9-11,14,24H2,1H3,(H,25,26,27,28);2*1H3;1H2;3*1H/t17-;;;;;;/m1....../s1. The van der Waals surface area contributed by atoms with Crippen molar-refractivity contribution >= 4 is 34.5 Å². The van der Waals surface area contributed by atoms with Gasteiger partial charge >= 0.3 is 5.63 Å². The topological polar surface area (TPSA) is 215 Å². The van der Waals surface area contributed by atoms with Crippen LogP contribution in [0.4, 0.5) is 23.5 Å². The minimum absolute atomic E-state index is 0. The van der Waals surface area contributed by atoms with Gasteiger partial charge in [-0.25, -0.2) is 4.79 Å². The summed E-state index contributed by atoms with van der Waals surface area (Å²) in [5.74, 6) is 1.84. The van der Waals surface area contributed by atoms with Crippen molar-refractivity contribution in [2.45, 2.75) is 45.1 Å². The van der Waals surface area contributed by atoms with Gasteiger partial charge in [-0.1, -0.05) is 0 Å². The van der Waals surface area contributed by atoms with Crippen molar-refractivity contribution in [2.75, 3.05) is 41.3 Å². The van der Waals surface area contributed by atoms with Gasteiger partial charge in [0, 0.05) is 59.7 Å². The summed E-state index contributed by atoms with van der Waals surface area (Å²) in [4.78, 5) is 30.5. The molecule has 1 atom stereocenters. The van der Waals surface area contributed by atoms with E-state index in [0.29, 0.717) is 30.0 Å². The molecule has 0 spiro atoms. The molecule has 11 N–H and O–H groups in total. The maximum atomic E-state index is 11.8. The van der Waals surface area contributed by atoms with Crippen LogP contribution in [0.25, 0.3) is 11.0 Å². The molecule has 0 bridgehead atoms. The van der Waals surface area contributed by atoms with Crippen molar-refractivity contribution in [3.8, 4) is 0 Å². The van der Waals surface area contributed by atoms with Crippen molar-refractivity contribution in [1.82, 2.24) is 27.3 Å². The smallest absolute Gasteiger partial charge is 0.336 e. The van der Waals surface area contributed by atoms with Crippen LogP contribution in [0, 0.1) is 6.92 Å². The van der Waals surface area contributed by atoms with Gasteiger partial charge in [0.15, 0.2) is 0 Å². The van der Waals surface area contributed by atoms with Gasteiger partial charge < -0.3 is 43.0 Å². The van der Waals surface area contributed by atoms with Crippen molar-refractivity contribution in [2.24, 2.45) is 5.73 Å². The molecular formula is C23H43N9O3. The zero-order valence-electron chi connectivity index (χ0n) is 20.3. The SMILES string of the molecule is Cc1cc(=O)oc2cc(Nc3nc(N4CCCCC4)nc(N4CCC[C@@H]4CN)n3)ccc12.N.N.O.[HH].[HH].[HH]. The molecule has 2 aliphatic heterocycles. The zero-order valence-corrected chi connectivity index (χ0v) is 20.3. The minimum Gasteiger partial charge on any atom is -0.423 e. The van der Waals surface area contributed by atoms with Gasteiger partial charge in [0.05, 0.1) is 0 Å². The number of nitrogens with one attached hydrogen (secondary N) is 1. The molecule has 2 aliphatic rings. The van der Waals surface area contributed by atoms with Gasteiger partial charge in [-0.3, -0.25) is 0 Å². The van der Waals surface area contributed by atoms with Crippen LogP contribution in [0.1, 0.15) is 41.9 Å². The van der Waals surface area contributed by atoms with Crippen molar-refractivity contribution in [3.63, 3.8) is 0 Å². The molecule has 4 heterocycles. The Morgan fingerprint density at radius 3 is 2.54 bits per heavy atom. The number of nitrogens with zero attached hydrogens (tertiary/aromatic N) is 5. The molecular weight excluding hydrogens is 450 g/mol. The average molecular weight is 494 g/mol. The summed E-state index contributed by atoms with van der Waals surface area (Å²) in [7, 11) is 0. The lowest BCUT2D eigenvalue weighted by atomic mass is 10.1. The maximum Gasteiger partial charge on any atom is 0.336 e. The van der Waals surface area contributed by atoms with Crippen LogP contribution in [0.5, 0.6) is 0 Å². The molecule has 12 nitrogen and oxygen atoms in total. The molecule has 2 aromatic heterocycles. The number of hydrogen-bond acceptors (Lipinski definition) is 11. The number of rotatable bonds is 5. The van der Waals surface area contributed by atoms with E-state index in [2.05, 4.69) is 15.1 Å². The molecule has 12 heteroatoms. The summed E-state index contributed by atoms with van der Waals surface area (Å²) in [6.45, 7) is 5.27. The molecule has 0 saturated carbocycles. The number of anilines is 4. The van der Waals surface area contributed by atoms with Crippen LogP contribution >= 0.6 is 0 Å². The second-order valence-electron chi connectivity index (χ2n) is 8.62. The predicted molar refractivity (Wildman–Crippen MR) is 146 cm³/mol. The molecule has 2 fully saturated rings. The summed E-state index contributed by atoms with van der Waals surface area (Å²) in [6, 6.07) is 7.44. The molecule has 2 saturated heterocycles. The number of fused-ring (bicyclic) bond motifs is 1. The first-order valence-corrected chi connectivity index (χ1v) is 11.4. The lowest BCUT2D eigenvalue weighted by molar-refractivity contribution is 0.560. The van der Waals surface area contributed by atoms with Crippen LogP contribution in [0.2, 0.25) is 0 Å². The molecule has 0 unspecified atom stereocenters. The number of aromatic nitrogens is 3. The normalized spacial score (nSPS) is 17.4. The van der Waals surface area contributed by atoms with Gasteiger partial charge in [0.1, 0.15) is 5.58 Å². The monoisotopic (exact) mass is 493 g/mol. The Morgan fingerprint density at radius 1 is 1.06 bits per heavy atom. The highest BCUT2D eigenvalue weighted by atomic mass is 16.4. The van der Waals surface area contributed by atoms with Crippen LogP contribution in [-0.4, -0.2) is 52.6 Å². The fourth-order valence-corrected chi connectivity index (χ4v) is 4.65. The molecule has 3 aromatic rings. The third kappa shape index (κ3) is 5.85. The van der Waals surface area contributed by atoms with E-state index >= 15 is 0 Å². The third-order valence-corrected chi connectivity index (χ3v) is 6.36. The van der Waals surface area contributed by atoms with E-state index in [1.807, 2.05) is 25.1 Å². The van der Waals surface area contributed by atoms with Gasteiger partial charge in [0.25, 0.3) is 0 Å². The summed E-state index contributed by atoms with van der Waals surface area (Å²) >= 11 is 0. The van der Waals surface area contributed by atoms with Gasteiger partial charge in [-0.15, -0.1) is 0 Å². The van der Waals surface area contributed by atoms with E-state index in [4.69, 9.17) is 25.1 Å². The van der Waals surface area contributed by atoms with Crippen LogP contribution in [0.15, 0.2) is 33.5 Å². The van der Waals surface area contributed by atoms with E-state index in [0.717, 1.165) is 62.0 Å². The Morgan fingerprint density at radius 2 is 1.80 bits per heavy atom. The summed E-state index contributed by atoms with van der Waals surface area (Å²) in [5, 5.41) is 4.21. The molecule has 198 valence electrons. The quantitative estimate of drug-likeness (QED) is 0.378. The molecule has 0 aliphatic carbocycles. The predicted octanol–water partition coefficient (Wildman–Crippen LogP) is 3.19. The maximum absolute atomic E-state index is 11.8. The Kier molecular flexibility index (Phi) is 9.48. The highest BCUT2D eigenvalue weighted by Gasteiger charge is 2.27. The molecule has 5 rings (SSSR count). The summed E-state index contributed by atoms with van der Waals surface area (Å²) in [6.07, 6.45) is 5.65. The molecule has 35 heavy (non-hydrogen) atoms. The van der Waals surface area contributed by atoms with Crippen LogP contribution in [-0.2, 0) is 0 Å². The number of piperidine rings is 1. The van der Waals surface area contributed by atoms with E-state index in [-0.39, 0.29) is 33.7 Å². The molecule has 0 radical (unpaired) electrons. The second-order valence-corrected chi connectivity index (χ2v) is 8.62. The summed E-state index contributed by atoms with van der Waals surface area (Å²) in [5.41, 5.74) is 7.83.